The van der Waals surface area contributed by atoms with Crippen LogP contribution in [0.2, 0.25) is 0 Å². The molecule has 11 heteroatoms. The maximum absolute atomic E-state index is 13.4. The van der Waals surface area contributed by atoms with Gasteiger partial charge in [-0.05, 0) is 31.0 Å². The normalized spacial score (nSPS) is 19.1. The molecule has 0 aromatic carbocycles. The molecule has 0 bridgehead atoms. The lowest BCUT2D eigenvalue weighted by atomic mass is 9.87. The van der Waals surface area contributed by atoms with E-state index in [0.717, 1.165) is 57.3 Å². The van der Waals surface area contributed by atoms with Gasteiger partial charge in [-0.3, -0.25) is 4.98 Å². The molecule has 2 saturated heterocycles. The van der Waals surface area contributed by atoms with Gasteiger partial charge in [0, 0.05) is 42.9 Å². The molecule has 4 aromatic heterocycles. The van der Waals surface area contributed by atoms with Gasteiger partial charge in [0.1, 0.15) is 16.9 Å². The topological polar surface area (TPSA) is 95.0 Å². The van der Waals surface area contributed by atoms with Crippen molar-refractivity contribution in [1.29, 1.82) is 0 Å². The number of piperidine rings is 1. The van der Waals surface area contributed by atoms with E-state index in [-0.39, 0.29) is 17.0 Å². The molecule has 2 aliphatic heterocycles. The Hall–Kier alpha value is -3.31. The number of nitrogens with zero attached hydrogens (tertiary/aromatic N) is 6. The Balaban J connectivity index is 1.34. The summed E-state index contributed by atoms with van der Waals surface area (Å²) < 4.78 is 47.7. The molecule has 0 atom stereocenters. The van der Waals surface area contributed by atoms with Gasteiger partial charge < -0.3 is 19.9 Å². The summed E-state index contributed by atoms with van der Waals surface area (Å²) in [6, 6.07) is 4.66. The van der Waals surface area contributed by atoms with Crippen LogP contribution in [0.15, 0.2) is 36.9 Å². The van der Waals surface area contributed by atoms with Gasteiger partial charge in [0.15, 0.2) is 0 Å². The minimum Gasteiger partial charge on any atom is -0.383 e. The van der Waals surface area contributed by atoms with Gasteiger partial charge >= 0.3 is 6.18 Å². The van der Waals surface area contributed by atoms with Crippen molar-refractivity contribution in [1.82, 2.24) is 29.4 Å². The van der Waals surface area contributed by atoms with Gasteiger partial charge in [-0.2, -0.15) is 13.2 Å². The molecule has 0 spiro atoms. The molecule has 4 aromatic rings. The number of imidazole rings is 1. The average Bonchev–Trinajstić information content (AvgIpc) is 3.27. The van der Waals surface area contributed by atoms with Crippen molar-refractivity contribution in [3.05, 3.63) is 42.5 Å². The van der Waals surface area contributed by atoms with Crippen molar-refractivity contribution in [3.63, 3.8) is 0 Å². The van der Waals surface area contributed by atoms with E-state index in [0.29, 0.717) is 22.2 Å². The molecule has 188 valence electrons. The van der Waals surface area contributed by atoms with Crippen molar-refractivity contribution in [2.24, 2.45) is 5.41 Å². The fraction of sp³-hybridized carbons (Fsp3) is 0.440. The zero-order valence-electron chi connectivity index (χ0n) is 19.8. The van der Waals surface area contributed by atoms with Crippen LogP contribution in [0, 0.1) is 5.41 Å². The second kappa shape index (κ2) is 8.38. The lowest BCUT2D eigenvalue weighted by Gasteiger charge is -2.43. The van der Waals surface area contributed by atoms with Crippen LogP contribution >= 0.6 is 0 Å². The first-order chi connectivity index (χ1) is 17.2. The highest BCUT2D eigenvalue weighted by Gasteiger charge is 2.36. The number of ether oxygens (including phenoxy) is 1. The number of aromatic nitrogens is 5. The number of anilines is 1. The number of likely N-dealkylation sites (tertiary alicyclic amines) is 1. The van der Waals surface area contributed by atoms with E-state index >= 15 is 0 Å². The van der Waals surface area contributed by atoms with E-state index in [9.17, 15) is 13.2 Å². The number of pyridine rings is 3. The van der Waals surface area contributed by atoms with E-state index in [2.05, 4.69) is 31.3 Å². The van der Waals surface area contributed by atoms with E-state index < -0.39 is 17.6 Å². The second-order valence-electron chi connectivity index (χ2n) is 10.2. The van der Waals surface area contributed by atoms with Crippen molar-refractivity contribution < 1.29 is 17.9 Å². The summed E-state index contributed by atoms with van der Waals surface area (Å²) in [6.45, 7) is 6.92. The highest BCUT2D eigenvalue weighted by Crippen LogP contribution is 2.36. The number of rotatable bonds is 4. The summed E-state index contributed by atoms with van der Waals surface area (Å²) in [4.78, 5) is 20.0. The predicted molar refractivity (Wildman–Crippen MR) is 129 cm³/mol. The summed E-state index contributed by atoms with van der Waals surface area (Å²) in [7, 11) is 0. The SMILES string of the molecule is CC1(CN2CCC(n3cnc4cnc5ccc(-c6cnc(N)c(C(F)(F)F)c6)nc5c43)CC2)COC1. The molecular weight excluding hydrogens is 471 g/mol. The Bertz CT molecular complexity index is 1440. The van der Waals surface area contributed by atoms with E-state index in [1.54, 1.807) is 18.3 Å². The zero-order chi connectivity index (χ0) is 25.1. The Morgan fingerprint density at radius 2 is 1.86 bits per heavy atom. The molecule has 6 heterocycles. The fourth-order valence-electron chi connectivity index (χ4n) is 5.29. The van der Waals surface area contributed by atoms with Crippen molar-refractivity contribution in [2.75, 3.05) is 38.6 Å². The van der Waals surface area contributed by atoms with Crippen molar-refractivity contribution >= 4 is 27.9 Å². The Morgan fingerprint density at radius 1 is 1.08 bits per heavy atom. The molecular formula is C25H26F3N7O. The summed E-state index contributed by atoms with van der Waals surface area (Å²) in [5.74, 6) is -0.556. The van der Waals surface area contributed by atoms with Crippen molar-refractivity contribution in [2.45, 2.75) is 32.0 Å². The molecule has 6 rings (SSSR count). The number of alkyl halides is 3. The summed E-state index contributed by atoms with van der Waals surface area (Å²) >= 11 is 0. The minimum atomic E-state index is -4.60. The lowest BCUT2D eigenvalue weighted by molar-refractivity contribution is -0.137. The number of hydrogen-bond donors (Lipinski definition) is 1. The molecule has 0 aliphatic carbocycles. The van der Waals surface area contributed by atoms with Crippen LogP contribution in [0.5, 0.6) is 0 Å². The third kappa shape index (κ3) is 4.05. The summed E-state index contributed by atoms with van der Waals surface area (Å²) in [5.41, 5.74) is 8.18. The van der Waals surface area contributed by atoms with Gasteiger partial charge in [-0.1, -0.05) is 6.92 Å². The van der Waals surface area contributed by atoms with Crippen LogP contribution in [-0.2, 0) is 10.9 Å². The van der Waals surface area contributed by atoms with Crippen LogP contribution in [0.25, 0.3) is 33.3 Å². The molecule has 0 radical (unpaired) electrons. The maximum atomic E-state index is 13.4. The van der Waals surface area contributed by atoms with Gasteiger partial charge in [-0.25, -0.2) is 15.0 Å². The number of halogens is 3. The fourth-order valence-corrected chi connectivity index (χ4v) is 5.29. The molecule has 36 heavy (non-hydrogen) atoms. The number of hydrogen-bond acceptors (Lipinski definition) is 7. The predicted octanol–water partition coefficient (Wildman–Crippen LogP) is 4.32. The summed E-state index contributed by atoms with van der Waals surface area (Å²) in [6.07, 6.45) is 2.20. The van der Waals surface area contributed by atoms with Crippen LogP contribution in [0.3, 0.4) is 0 Å². The molecule has 0 unspecified atom stereocenters. The van der Waals surface area contributed by atoms with E-state index in [4.69, 9.17) is 15.5 Å². The number of nitrogens with two attached hydrogens (primary N) is 1. The smallest absolute Gasteiger partial charge is 0.383 e. The molecule has 2 aliphatic rings. The molecule has 2 fully saturated rings. The first-order valence-corrected chi connectivity index (χ1v) is 12.0. The van der Waals surface area contributed by atoms with Crippen molar-refractivity contribution in [3.8, 4) is 11.3 Å². The Morgan fingerprint density at radius 3 is 2.56 bits per heavy atom. The minimum absolute atomic E-state index is 0.239. The van der Waals surface area contributed by atoms with Crippen LogP contribution in [0.1, 0.15) is 31.4 Å². The highest BCUT2D eigenvalue weighted by molar-refractivity contribution is 6.00. The highest BCUT2D eigenvalue weighted by atomic mass is 19.4. The van der Waals surface area contributed by atoms with E-state index in [1.807, 2.05) is 6.33 Å². The van der Waals surface area contributed by atoms with Crippen LogP contribution < -0.4 is 5.73 Å². The molecule has 2 N–H and O–H groups in total. The Kier molecular flexibility index (Phi) is 5.38. The van der Waals surface area contributed by atoms with Crippen LogP contribution in [-0.4, -0.2) is 62.3 Å². The van der Waals surface area contributed by atoms with E-state index in [1.165, 1.54) is 6.20 Å². The standard InChI is InChI=1S/C25H26F3N7O/c1-24(12-36-13-24)11-34-6-4-16(5-7-34)35-14-32-20-10-30-19-3-2-18(33-21(19)22(20)35)15-8-17(25(26,27)28)23(29)31-9-15/h2-3,8-10,14,16H,4-7,11-13H2,1H3,(H2,29,31). The van der Waals surface area contributed by atoms with Gasteiger partial charge in [-0.15, -0.1) is 0 Å². The third-order valence-corrected chi connectivity index (χ3v) is 7.22. The maximum Gasteiger partial charge on any atom is 0.419 e. The lowest BCUT2D eigenvalue weighted by Crippen LogP contribution is -2.50. The Labute approximate surface area is 205 Å². The van der Waals surface area contributed by atoms with Crippen LogP contribution in [0.4, 0.5) is 19.0 Å². The number of fused-ring (bicyclic) bond motifs is 3. The quantitative estimate of drug-likeness (QED) is 0.449. The van der Waals surface area contributed by atoms with Gasteiger partial charge in [0.05, 0.1) is 48.0 Å². The second-order valence-corrected chi connectivity index (χ2v) is 10.2. The third-order valence-electron chi connectivity index (χ3n) is 7.22. The molecule has 8 nitrogen and oxygen atoms in total. The monoisotopic (exact) mass is 497 g/mol. The largest absolute Gasteiger partial charge is 0.419 e. The first-order valence-electron chi connectivity index (χ1n) is 12.0. The van der Waals surface area contributed by atoms with Gasteiger partial charge in [0.25, 0.3) is 0 Å². The number of nitrogen functional groups attached to an aromatic ring is 1. The molecule has 0 amide bonds. The molecule has 0 saturated carbocycles. The van der Waals surface area contributed by atoms with Gasteiger partial charge in [0.2, 0.25) is 0 Å². The average molecular weight is 498 g/mol. The summed E-state index contributed by atoms with van der Waals surface area (Å²) in [5, 5.41) is 0. The first kappa shape index (κ1) is 23.1. The zero-order valence-corrected chi connectivity index (χ0v) is 19.8.